The summed E-state index contributed by atoms with van der Waals surface area (Å²) in [6.45, 7) is 6.68. The van der Waals surface area contributed by atoms with Gasteiger partial charge in [0.05, 0.1) is 16.5 Å². The van der Waals surface area contributed by atoms with Crippen LogP contribution >= 0.6 is 0 Å². The Labute approximate surface area is 203 Å². The van der Waals surface area contributed by atoms with Crippen LogP contribution in [0, 0.1) is 23.6 Å². The van der Waals surface area contributed by atoms with E-state index in [-0.39, 0.29) is 17.7 Å². The van der Waals surface area contributed by atoms with E-state index in [1.54, 1.807) is 17.2 Å². The van der Waals surface area contributed by atoms with Gasteiger partial charge in [-0.15, -0.1) is 0 Å². The average molecular weight is 477 g/mol. The molecule has 8 heteroatoms. The number of pyridine rings is 2. The molecule has 1 aromatic carbocycles. The van der Waals surface area contributed by atoms with Crippen LogP contribution in [0.2, 0.25) is 0 Å². The number of aromatic amines is 1. The quantitative estimate of drug-likeness (QED) is 0.410. The van der Waals surface area contributed by atoms with Crippen LogP contribution in [0.1, 0.15) is 52.0 Å². The van der Waals surface area contributed by atoms with Crippen molar-refractivity contribution in [2.24, 2.45) is 5.92 Å². The first-order valence-electron chi connectivity index (χ1n) is 12.1. The molecule has 2 aromatic heterocycles. The van der Waals surface area contributed by atoms with Crippen LogP contribution < -0.4 is 10.9 Å². The van der Waals surface area contributed by atoms with Crippen molar-refractivity contribution in [1.82, 2.24) is 14.9 Å². The molecule has 1 saturated carbocycles. The number of halogens is 1. The van der Waals surface area contributed by atoms with E-state index in [9.17, 15) is 14.0 Å². The van der Waals surface area contributed by atoms with Crippen LogP contribution in [0.25, 0.3) is 21.7 Å². The van der Waals surface area contributed by atoms with Gasteiger partial charge in [0.1, 0.15) is 17.2 Å². The van der Waals surface area contributed by atoms with Gasteiger partial charge in [0, 0.05) is 42.0 Å². The van der Waals surface area contributed by atoms with Crippen molar-refractivity contribution in [3.63, 3.8) is 0 Å². The molecule has 5 rings (SSSR count). The van der Waals surface area contributed by atoms with Gasteiger partial charge in [0.15, 0.2) is 0 Å². The summed E-state index contributed by atoms with van der Waals surface area (Å²) < 4.78 is 19.7. The number of anilines is 1. The van der Waals surface area contributed by atoms with Gasteiger partial charge in [0.25, 0.3) is 5.56 Å². The number of amides is 1. The molecular formula is C27H29FN4O3. The highest BCUT2D eigenvalue weighted by atomic mass is 19.1. The molecule has 0 unspecified atom stereocenters. The molecule has 1 aliphatic carbocycles. The number of ether oxygens (including phenoxy) is 1. The molecule has 1 aliphatic heterocycles. The number of aromatic nitrogens is 2. The number of hydrogen-bond donors (Lipinski definition) is 2. The minimum atomic E-state index is -0.534. The topological polar surface area (TPSA) is 87.3 Å². The number of nitrogens with zero attached hydrogens (tertiary/aromatic N) is 2. The molecule has 0 bridgehead atoms. The Kier molecular flexibility index (Phi) is 5.87. The van der Waals surface area contributed by atoms with Crippen molar-refractivity contribution < 1.29 is 13.9 Å². The summed E-state index contributed by atoms with van der Waals surface area (Å²) >= 11 is 0. The largest absolute Gasteiger partial charge is 0.444 e. The van der Waals surface area contributed by atoms with E-state index in [1.165, 1.54) is 12.1 Å². The maximum Gasteiger partial charge on any atom is 0.410 e. The van der Waals surface area contributed by atoms with E-state index in [4.69, 9.17) is 9.72 Å². The summed E-state index contributed by atoms with van der Waals surface area (Å²) in [5.74, 6) is 6.94. The standard InChI is InChI=1S/C27H29FN4O3/c1-27(2,3)35-26(34)32-12-10-19(11-13-32)30-24-20-9-8-18(28)14-21(20)22-23(31-24)17(15-29-25(22)33)7-6-16-4-5-16/h8-9,14-16,19H,4-5,10-13H2,1-3H3,(H,29,33)(H,30,31). The number of fused-ring (bicyclic) bond motifs is 3. The third kappa shape index (κ3) is 5.09. The van der Waals surface area contributed by atoms with Crippen molar-refractivity contribution in [3.8, 4) is 11.8 Å². The molecule has 1 saturated heterocycles. The SMILES string of the molecule is CC(C)(C)OC(=O)N1CCC(Nc2nc3c(C#CC4CC4)c[nH]c(=O)c3c3cc(F)ccc23)CC1. The van der Waals surface area contributed by atoms with Gasteiger partial charge in [-0.1, -0.05) is 11.8 Å². The third-order valence-corrected chi connectivity index (χ3v) is 6.27. The Balaban J connectivity index is 1.47. The first-order chi connectivity index (χ1) is 16.7. The first kappa shape index (κ1) is 23.2. The van der Waals surface area contributed by atoms with Crippen molar-refractivity contribution in [1.29, 1.82) is 0 Å². The van der Waals surface area contributed by atoms with Gasteiger partial charge >= 0.3 is 6.09 Å². The van der Waals surface area contributed by atoms with Crippen molar-refractivity contribution >= 4 is 33.6 Å². The minimum Gasteiger partial charge on any atom is -0.444 e. The lowest BCUT2D eigenvalue weighted by Gasteiger charge is -2.34. The summed E-state index contributed by atoms with van der Waals surface area (Å²) in [7, 11) is 0. The Bertz CT molecular complexity index is 1420. The maximum atomic E-state index is 14.3. The van der Waals surface area contributed by atoms with Gasteiger partial charge in [-0.3, -0.25) is 4.79 Å². The van der Waals surface area contributed by atoms with Crippen LogP contribution in [0.4, 0.5) is 15.0 Å². The Hall–Kier alpha value is -3.60. The Morgan fingerprint density at radius 2 is 1.94 bits per heavy atom. The number of carbonyl (C=O) groups is 1. The van der Waals surface area contributed by atoms with Crippen LogP contribution in [-0.4, -0.2) is 45.7 Å². The molecule has 0 radical (unpaired) electrons. The Morgan fingerprint density at radius 1 is 1.20 bits per heavy atom. The summed E-state index contributed by atoms with van der Waals surface area (Å²) in [5.41, 5.74) is 0.235. The highest BCUT2D eigenvalue weighted by Crippen LogP contribution is 2.32. The van der Waals surface area contributed by atoms with Gasteiger partial charge in [-0.25, -0.2) is 14.2 Å². The van der Waals surface area contributed by atoms with E-state index >= 15 is 0 Å². The predicted molar refractivity (Wildman–Crippen MR) is 134 cm³/mol. The lowest BCUT2D eigenvalue weighted by atomic mass is 10.0. The number of H-pyrrole nitrogens is 1. The summed E-state index contributed by atoms with van der Waals surface area (Å²) in [5, 5.41) is 5.01. The third-order valence-electron chi connectivity index (χ3n) is 6.27. The second-order valence-corrected chi connectivity index (χ2v) is 10.3. The van der Waals surface area contributed by atoms with Gasteiger partial charge < -0.3 is 19.9 Å². The van der Waals surface area contributed by atoms with Gasteiger partial charge in [-0.2, -0.15) is 0 Å². The first-order valence-corrected chi connectivity index (χ1v) is 12.1. The number of rotatable bonds is 2. The van der Waals surface area contributed by atoms with Crippen LogP contribution in [0.3, 0.4) is 0 Å². The van der Waals surface area contributed by atoms with E-state index in [0.29, 0.717) is 64.9 Å². The molecule has 3 aromatic rings. The lowest BCUT2D eigenvalue weighted by molar-refractivity contribution is 0.0210. The van der Waals surface area contributed by atoms with E-state index < -0.39 is 11.4 Å². The lowest BCUT2D eigenvalue weighted by Crippen LogP contribution is -2.44. The molecule has 2 N–H and O–H groups in total. The zero-order valence-electron chi connectivity index (χ0n) is 20.2. The molecule has 7 nitrogen and oxygen atoms in total. The van der Waals surface area contributed by atoms with E-state index in [0.717, 1.165) is 12.8 Å². The normalized spacial score (nSPS) is 16.7. The highest BCUT2D eigenvalue weighted by molar-refractivity contribution is 6.10. The van der Waals surface area contributed by atoms with Gasteiger partial charge in [-0.05, 0) is 64.7 Å². The summed E-state index contributed by atoms with van der Waals surface area (Å²) in [6, 6.07) is 4.46. The zero-order chi connectivity index (χ0) is 24.7. The van der Waals surface area contributed by atoms with E-state index in [2.05, 4.69) is 22.1 Å². The van der Waals surface area contributed by atoms with Gasteiger partial charge in [0.2, 0.25) is 0 Å². The average Bonchev–Trinajstić information content (AvgIpc) is 3.62. The number of likely N-dealkylation sites (tertiary alicyclic amines) is 1. The fraction of sp³-hybridized carbons (Fsp3) is 0.444. The van der Waals surface area contributed by atoms with Crippen molar-refractivity contribution in [3.05, 3.63) is 46.1 Å². The molecule has 3 heterocycles. The van der Waals surface area contributed by atoms with Crippen LogP contribution in [0.15, 0.2) is 29.2 Å². The molecule has 2 aliphatic rings. The molecule has 0 spiro atoms. The second-order valence-electron chi connectivity index (χ2n) is 10.3. The maximum absolute atomic E-state index is 14.3. The molecule has 2 fully saturated rings. The molecule has 1 amide bonds. The summed E-state index contributed by atoms with van der Waals surface area (Å²) in [6.07, 6.45) is 4.88. The highest BCUT2D eigenvalue weighted by Gasteiger charge is 2.27. The van der Waals surface area contributed by atoms with Crippen molar-refractivity contribution in [2.45, 2.75) is 58.1 Å². The molecule has 182 valence electrons. The fourth-order valence-electron chi connectivity index (χ4n) is 4.33. The Morgan fingerprint density at radius 3 is 2.63 bits per heavy atom. The number of carbonyl (C=O) groups excluding carboxylic acids is 1. The summed E-state index contributed by atoms with van der Waals surface area (Å²) in [4.78, 5) is 34.5. The number of piperidine rings is 1. The number of benzene rings is 1. The monoisotopic (exact) mass is 476 g/mol. The second kappa shape index (κ2) is 8.88. The number of hydrogen-bond acceptors (Lipinski definition) is 5. The minimum absolute atomic E-state index is 0.0647. The van der Waals surface area contributed by atoms with E-state index in [1.807, 2.05) is 20.8 Å². The predicted octanol–water partition coefficient (Wildman–Crippen LogP) is 4.79. The van der Waals surface area contributed by atoms with Crippen molar-refractivity contribution in [2.75, 3.05) is 18.4 Å². The molecule has 0 atom stereocenters. The smallest absolute Gasteiger partial charge is 0.410 e. The number of nitrogens with one attached hydrogen (secondary N) is 2. The zero-order valence-corrected chi connectivity index (χ0v) is 20.2. The van der Waals surface area contributed by atoms with Crippen LogP contribution in [0.5, 0.6) is 0 Å². The molecular weight excluding hydrogens is 447 g/mol. The molecule has 35 heavy (non-hydrogen) atoms. The van der Waals surface area contributed by atoms with Crippen LogP contribution in [-0.2, 0) is 4.74 Å². The fourth-order valence-corrected chi connectivity index (χ4v) is 4.33.